The average Bonchev–Trinajstić information content (AvgIpc) is 2.40. The van der Waals surface area contributed by atoms with E-state index >= 15 is 0 Å². The fraction of sp³-hybridized carbons (Fsp3) is 0.600. The second kappa shape index (κ2) is 6.55. The summed E-state index contributed by atoms with van der Waals surface area (Å²) in [5.41, 5.74) is 8.18. The van der Waals surface area contributed by atoms with Crippen LogP contribution in [0.2, 0.25) is 5.02 Å². The van der Waals surface area contributed by atoms with E-state index < -0.39 is 0 Å². The van der Waals surface area contributed by atoms with E-state index in [1.807, 2.05) is 0 Å². The molecule has 1 aromatic carbocycles. The van der Waals surface area contributed by atoms with E-state index in [1.54, 1.807) is 0 Å². The first-order chi connectivity index (χ1) is 8.72. The van der Waals surface area contributed by atoms with Gasteiger partial charge in [0.05, 0.1) is 0 Å². The molecule has 1 aromatic rings. The van der Waals surface area contributed by atoms with E-state index in [0.29, 0.717) is 11.8 Å². The minimum Gasteiger partial charge on any atom is -0.381 e. The number of ether oxygens (including phenoxy) is 1. The number of hydrogen-bond donors (Lipinski definition) is 1. The van der Waals surface area contributed by atoms with Crippen LogP contribution < -0.4 is 5.73 Å². The molecule has 0 spiro atoms. The Morgan fingerprint density at radius 2 is 2.11 bits per heavy atom. The third-order valence-corrected chi connectivity index (χ3v) is 4.18. The minimum absolute atomic E-state index is 0.483. The molecule has 1 aliphatic heterocycles. The highest BCUT2D eigenvalue weighted by Gasteiger charge is 2.19. The topological polar surface area (TPSA) is 35.2 Å². The summed E-state index contributed by atoms with van der Waals surface area (Å²) in [7, 11) is 0. The first-order valence-corrected chi connectivity index (χ1v) is 7.17. The van der Waals surface area contributed by atoms with Crippen LogP contribution in [0.15, 0.2) is 18.2 Å². The Morgan fingerprint density at radius 1 is 1.39 bits per heavy atom. The van der Waals surface area contributed by atoms with Gasteiger partial charge in [-0.3, -0.25) is 0 Å². The van der Waals surface area contributed by atoms with E-state index in [1.165, 1.54) is 11.1 Å². The van der Waals surface area contributed by atoms with Crippen molar-refractivity contribution < 1.29 is 4.74 Å². The van der Waals surface area contributed by atoms with Crippen molar-refractivity contribution in [3.05, 3.63) is 34.3 Å². The summed E-state index contributed by atoms with van der Waals surface area (Å²) in [5, 5.41) is 0.906. The summed E-state index contributed by atoms with van der Waals surface area (Å²) >= 11 is 6.43. The molecule has 1 heterocycles. The van der Waals surface area contributed by atoms with E-state index in [4.69, 9.17) is 22.1 Å². The van der Waals surface area contributed by atoms with Gasteiger partial charge in [0.1, 0.15) is 0 Å². The Hall–Kier alpha value is -0.570. The summed E-state index contributed by atoms with van der Waals surface area (Å²) in [6.07, 6.45) is 3.17. The molecule has 2 nitrogen and oxygen atoms in total. The molecule has 3 heteroatoms. The van der Waals surface area contributed by atoms with Gasteiger partial charge in [0.2, 0.25) is 0 Å². The van der Waals surface area contributed by atoms with E-state index in [-0.39, 0.29) is 0 Å². The zero-order valence-electron chi connectivity index (χ0n) is 11.0. The number of benzene rings is 1. The molecule has 0 saturated carbocycles. The van der Waals surface area contributed by atoms with Crippen LogP contribution in [0, 0.1) is 0 Å². The smallest absolute Gasteiger partial charge is 0.0471 e. The lowest BCUT2D eigenvalue weighted by Crippen LogP contribution is -2.14. The summed E-state index contributed by atoms with van der Waals surface area (Å²) in [6.45, 7) is 4.63. The van der Waals surface area contributed by atoms with Gasteiger partial charge in [-0.15, -0.1) is 0 Å². The second-order valence-corrected chi connectivity index (χ2v) is 5.55. The Morgan fingerprint density at radius 3 is 2.72 bits per heavy atom. The largest absolute Gasteiger partial charge is 0.381 e. The molecule has 0 aliphatic carbocycles. The highest BCUT2D eigenvalue weighted by Crippen LogP contribution is 2.34. The minimum atomic E-state index is 0.483. The van der Waals surface area contributed by atoms with Crippen molar-refractivity contribution in [1.29, 1.82) is 0 Å². The predicted octanol–water partition coefficient (Wildman–Crippen LogP) is 3.69. The highest BCUT2D eigenvalue weighted by molar-refractivity contribution is 6.31. The average molecular weight is 268 g/mol. The van der Waals surface area contributed by atoms with Gasteiger partial charge < -0.3 is 10.5 Å². The zero-order valence-corrected chi connectivity index (χ0v) is 11.7. The summed E-state index contributed by atoms with van der Waals surface area (Å²) in [4.78, 5) is 0. The third-order valence-electron chi connectivity index (χ3n) is 3.85. The van der Waals surface area contributed by atoms with Gasteiger partial charge in [0.25, 0.3) is 0 Å². The third kappa shape index (κ3) is 3.25. The maximum atomic E-state index is 6.43. The molecule has 2 N–H and O–H groups in total. The van der Waals surface area contributed by atoms with Crippen molar-refractivity contribution in [1.82, 2.24) is 0 Å². The molecule has 1 aliphatic rings. The van der Waals surface area contributed by atoms with Crippen molar-refractivity contribution in [2.75, 3.05) is 19.8 Å². The maximum absolute atomic E-state index is 6.43. The van der Waals surface area contributed by atoms with Crippen molar-refractivity contribution in [3.63, 3.8) is 0 Å². The van der Waals surface area contributed by atoms with E-state index in [2.05, 4.69) is 25.1 Å². The molecule has 18 heavy (non-hydrogen) atoms. The van der Waals surface area contributed by atoms with Crippen LogP contribution in [0.1, 0.15) is 49.1 Å². The quantitative estimate of drug-likeness (QED) is 0.903. The van der Waals surface area contributed by atoms with Crippen LogP contribution in [-0.4, -0.2) is 19.8 Å². The van der Waals surface area contributed by atoms with Gasteiger partial charge in [-0.05, 0) is 54.8 Å². The van der Waals surface area contributed by atoms with Crippen molar-refractivity contribution >= 4 is 11.6 Å². The Balaban J connectivity index is 2.13. The van der Waals surface area contributed by atoms with Crippen LogP contribution in [0.4, 0.5) is 0 Å². The standard InChI is InChI=1S/C15H22ClNO/c1-11(4-7-17)13-2-3-14(15(16)10-13)12-5-8-18-9-6-12/h2-3,10-12H,4-9,17H2,1H3. The van der Waals surface area contributed by atoms with Crippen molar-refractivity contribution in [2.24, 2.45) is 5.73 Å². The molecule has 1 saturated heterocycles. The molecule has 1 fully saturated rings. The van der Waals surface area contributed by atoms with E-state index in [9.17, 15) is 0 Å². The fourth-order valence-electron chi connectivity index (χ4n) is 2.61. The van der Waals surface area contributed by atoms with Crippen LogP contribution in [-0.2, 0) is 4.74 Å². The SMILES string of the molecule is CC(CCN)c1ccc(C2CCOCC2)c(Cl)c1. The van der Waals surface area contributed by atoms with Gasteiger partial charge in [0, 0.05) is 18.2 Å². The molecular weight excluding hydrogens is 246 g/mol. The molecule has 0 aromatic heterocycles. The molecule has 2 rings (SSSR count). The zero-order chi connectivity index (χ0) is 13.0. The number of nitrogens with two attached hydrogens (primary N) is 1. The number of hydrogen-bond acceptors (Lipinski definition) is 2. The lowest BCUT2D eigenvalue weighted by atomic mass is 9.89. The van der Waals surface area contributed by atoms with Gasteiger partial charge in [-0.1, -0.05) is 30.7 Å². The van der Waals surface area contributed by atoms with Gasteiger partial charge in [0.15, 0.2) is 0 Å². The van der Waals surface area contributed by atoms with Gasteiger partial charge >= 0.3 is 0 Å². The normalized spacial score (nSPS) is 18.8. The fourth-order valence-corrected chi connectivity index (χ4v) is 2.95. The monoisotopic (exact) mass is 267 g/mol. The first-order valence-electron chi connectivity index (χ1n) is 6.79. The van der Waals surface area contributed by atoms with Crippen molar-refractivity contribution in [2.45, 2.75) is 38.0 Å². The molecule has 0 bridgehead atoms. The predicted molar refractivity (Wildman–Crippen MR) is 76.3 cm³/mol. The molecule has 0 amide bonds. The Bertz CT molecular complexity index is 388. The summed E-state index contributed by atoms with van der Waals surface area (Å²) in [6, 6.07) is 6.52. The summed E-state index contributed by atoms with van der Waals surface area (Å²) < 4.78 is 5.40. The van der Waals surface area contributed by atoms with Crippen LogP contribution in [0.25, 0.3) is 0 Å². The van der Waals surface area contributed by atoms with Crippen molar-refractivity contribution in [3.8, 4) is 0 Å². The second-order valence-electron chi connectivity index (χ2n) is 5.15. The molecule has 100 valence electrons. The first kappa shape index (κ1) is 13.9. The molecular formula is C15H22ClNO. The van der Waals surface area contributed by atoms with Gasteiger partial charge in [-0.25, -0.2) is 0 Å². The molecule has 1 atom stereocenters. The van der Waals surface area contributed by atoms with Gasteiger partial charge in [-0.2, -0.15) is 0 Å². The maximum Gasteiger partial charge on any atom is 0.0471 e. The number of rotatable bonds is 4. The van der Waals surface area contributed by atoms with Crippen LogP contribution in [0.3, 0.4) is 0 Å². The summed E-state index contributed by atoms with van der Waals surface area (Å²) in [5.74, 6) is 1.04. The lowest BCUT2D eigenvalue weighted by molar-refractivity contribution is 0.0853. The van der Waals surface area contributed by atoms with E-state index in [0.717, 1.165) is 44.0 Å². The molecule has 0 radical (unpaired) electrons. The van der Waals surface area contributed by atoms with Crippen LogP contribution >= 0.6 is 11.6 Å². The number of halogens is 1. The molecule has 1 unspecified atom stereocenters. The van der Waals surface area contributed by atoms with Crippen LogP contribution in [0.5, 0.6) is 0 Å². The highest BCUT2D eigenvalue weighted by atomic mass is 35.5. The lowest BCUT2D eigenvalue weighted by Gasteiger charge is -2.24. The Kier molecular flexibility index (Phi) is 5.04. The Labute approximate surface area is 114 Å².